The number of benzene rings is 2. The molecular weight excluding hydrogens is 575 g/mol. The van der Waals surface area contributed by atoms with Gasteiger partial charge in [-0.3, -0.25) is 9.36 Å². The van der Waals surface area contributed by atoms with E-state index in [2.05, 4.69) is 10.1 Å². The molecule has 5 aromatic rings. The number of carbonyl (C=O) groups excluding carboxylic acids is 1. The maximum Gasteiger partial charge on any atom is 0.337 e. The smallest absolute Gasteiger partial charge is 0.337 e. The highest BCUT2D eigenvalue weighted by molar-refractivity contribution is 7.16. The van der Waals surface area contributed by atoms with Crippen molar-refractivity contribution < 1.29 is 27.9 Å². The summed E-state index contributed by atoms with van der Waals surface area (Å²) >= 11 is 1.41. The van der Waals surface area contributed by atoms with Crippen molar-refractivity contribution >= 4 is 17.3 Å². The normalized spacial score (nSPS) is 11.2. The second kappa shape index (κ2) is 13.2. The van der Waals surface area contributed by atoms with Crippen molar-refractivity contribution in [3.8, 4) is 39.0 Å². The molecule has 0 N–H and O–H groups in total. The van der Waals surface area contributed by atoms with Gasteiger partial charge in [0.2, 0.25) is 5.82 Å². The molecule has 43 heavy (non-hydrogen) atoms. The molecule has 0 amide bonds. The fourth-order valence-corrected chi connectivity index (χ4v) is 5.77. The van der Waals surface area contributed by atoms with Crippen LogP contribution in [0.4, 0.5) is 4.39 Å². The number of para-hydroxylation sites is 1. The highest BCUT2D eigenvalue weighted by Crippen LogP contribution is 2.37. The lowest BCUT2D eigenvalue weighted by Gasteiger charge is -2.18. The van der Waals surface area contributed by atoms with Crippen LogP contribution in [-0.4, -0.2) is 46.5 Å². The summed E-state index contributed by atoms with van der Waals surface area (Å²) in [6, 6.07) is 15.8. The van der Waals surface area contributed by atoms with E-state index in [1.165, 1.54) is 42.3 Å². The van der Waals surface area contributed by atoms with E-state index >= 15 is 4.39 Å². The summed E-state index contributed by atoms with van der Waals surface area (Å²) in [6.45, 7) is 3.69. The van der Waals surface area contributed by atoms with Crippen molar-refractivity contribution in [1.82, 2.24) is 19.7 Å². The highest BCUT2D eigenvalue weighted by atomic mass is 32.1. The number of aryl methyl sites for hydroxylation is 3. The number of nitrogens with zero attached hydrogens (tertiary/aromatic N) is 4. The Morgan fingerprint density at radius 1 is 1.02 bits per heavy atom. The molecule has 3 aromatic heterocycles. The van der Waals surface area contributed by atoms with E-state index in [1.807, 2.05) is 43.3 Å². The molecule has 0 aliphatic heterocycles. The minimum absolute atomic E-state index is 0.171. The first-order chi connectivity index (χ1) is 20.8. The molecule has 3 heterocycles. The van der Waals surface area contributed by atoms with Crippen LogP contribution in [0.5, 0.6) is 5.75 Å². The van der Waals surface area contributed by atoms with E-state index in [1.54, 1.807) is 13.0 Å². The van der Waals surface area contributed by atoms with Crippen LogP contribution in [0.15, 0.2) is 63.9 Å². The van der Waals surface area contributed by atoms with Crippen LogP contribution in [-0.2, 0) is 33.8 Å². The van der Waals surface area contributed by atoms with Crippen molar-refractivity contribution in [2.75, 3.05) is 20.8 Å². The van der Waals surface area contributed by atoms with E-state index in [4.69, 9.17) is 23.7 Å². The maximum atomic E-state index is 15.1. The van der Waals surface area contributed by atoms with Gasteiger partial charge in [0.25, 0.3) is 11.4 Å². The molecule has 5 rings (SSSR count). The molecule has 0 saturated carbocycles. The minimum atomic E-state index is -0.780. The van der Waals surface area contributed by atoms with Gasteiger partial charge in [0, 0.05) is 36.1 Å². The van der Waals surface area contributed by atoms with E-state index < -0.39 is 11.8 Å². The Hall–Kier alpha value is -4.52. The number of thiophene rings is 1. The van der Waals surface area contributed by atoms with Gasteiger partial charge in [0.1, 0.15) is 19.0 Å². The molecule has 0 spiro atoms. The molecule has 0 bridgehead atoms. The van der Waals surface area contributed by atoms with Gasteiger partial charge >= 0.3 is 5.97 Å². The zero-order chi connectivity index (χ0) is 30.5. The van der Waals surface area contributed by atoms with E-state index in [9.17, 15) is 9.59 Å². The summed E-state index contributed by atoms with van der Waals surface area (Å²) in [4.78, 5) is 37.3. The topological polar surface area (TPSA) is 119 Å². The van der Waals surface area contributed by atoms with Crippen LogP contribution in [0.1, 0.15) is 22.0 Å². The quantitative estimate of drug-likeness (QED) is 0.145. The highest BCUT2D eigenvalue weighted by Gasteiger charge is 2.25. The Morgan fingerprint density at radius 2 is 1.81 bits per heavy atom. The monoisotopic (exact) mass is 604 g/mol. The second-order valence-corrected chi connectivity index (χ2v) is 10.9. The number of ether oxygens (including phenoxy) is 3. The Balaban J connectivity index is 1.65. The second-order valence-electron chi connectivity index (χ2n) is 9.64. The molecule has 222 valence electrons. The summed E-state index contributed by atoms with van der Waals surface area (Å²) in [5.74, 6) is -0.961. The van der Waals surface area contributed by atoms with Gasteiger partial charge in [0.15, 0.2) is 11.6 Å². The largest absolute Gasteiger partial charge is 0.421 e. The van der Waals surface area contributed by atoms with Crippen LogP contribution in [0.3, 0.4) is 0 Å². The van der Waals surface area contributed by atoms with Gasteiger partial charge in [-0.15, -0.1) is 11.3 Å². The van der Waals surface area contributed by atoms with Gasteiger partial charge < -0.3 is 18.7 Å². The van der Waals surface area contributed by atoms with E-state index in [0.29, 0.717) is 34.3 Å². The first-order valence-electron chi connectivity index (χ1n) is 13.4. The van der Waals surface area contributed by atoms with Crippen molar-refractivity contribution in [3.63, 3.8) is 0 Å². The number of hydrogen-bond acceptors (Lipinski definition) is 10. The third kappa shape index (κ3) is 6.46. The molecule has 10 nitrogen and oxygen atoms in total. The molecule has 0 unspecified atom stereocenters. The van der Waals surface area contributed by atoms with Crippen LogP contribution >= 0.6 is 11.3 Å². The first-order valence-corrected chi connectivity index (χ1v) is 14.2. The van der Waals surface area contributed by atoms with Crippen LogP contribution in [0.2, 0.25) is 0 Å². The summed E-state index contributed by atoms with van der Waals surface area (Å²) in [6.07, 6.45) is 0.506. The number of methoxy groups -OCH3 is 2. The first kappa shape index (κ1) is 30.0. The summed E-state index contributed by atoms with van der Waals surface area (Å²) in [5, 5.41) is 4.06. The summed E-state index contributed by atoms with van der Waals surface area (Å²) < 4.78 is 37.1. The Kier molecular flexibility index (Phi) is 9.19. The van der Waals surface area contributed by atoms with E-state index in [-0.39, 0.29) is 42.5 Å². The standard InChI is InChI=1S/C31H29FN4O6S/c1-18-27(24-15-22(19(2)43-24)29-34-25(16-39-3)42-35-29)31(38)36(14-13-20-9-6-5-7-10-20)30(33-18)21-11-8-12-23(32)28(21)41-26(37)17-40-4/h5-12,15H,13-14,16-17H2,1-4H3. The number of aromatic nitrogens is 4. The lowest BCUT2D eigenvalue weighted by Crippen LogP contribution is -2.27. The predicted octanol–water partition coefficient (Wildman–Crippen LogP) is 5.39. The molecule has 0 fully saturated rings. The Bertz CT molecular complexity index is 1820. The third-order valence-corrected chi connectivity index (χ3v) is 7.71. The molecule has 0 aliphatic rings. The van der Waals surface area contributed by atoms with Gasteiger partial charge in [0.05, 0.1) is 16.8 Å². The van der Waals surface area contributed by atoms with Crippen LogP contribution < -0.4 is 10.3 Å². The SMILES string of the molecule is COCC(=O)Oc1c(F)cccc1-c1nc(C)c(-c2cc(-c3noc(COC)n3)c(C)s2)c(=O)n1CCc1ccccc1. The lowest BCUT2D eigenvalue weighted by atomic mass is 10.1. The van der Waals surface area contributed by atoms with Gasteiger partial charge in [-0.05, 0) is 44.0 Å². The number of carbonyl (C=O) groups is 1. The average molecular weight is 605 g/mol. The van der Waals surface area contributed by atoms with Gasteiger partial charge in [-0.2, -0.15) is 4.98 Å². The molecule has 12 heteroatoms. The molecule has 2 aromatic carbocycles. The molecule has 0 radical (unpaired) electrons. The fourth-order valence-electron chi connectivity index (χ4n) is 4.67. The third-order valence-electron chi connectivity index (χ3n) is 6.64. The van der Waals surface area contributed by atoms with Gasteiger partial charge in [-0.1, -0.05) is 41.6 Å². The molecule has 0 aliphatic carbocycles. The van der Waals surface area contributed by atoms with Gasteiger partial charge in [-0.25, -0.2) is 14.2 Å². The summed E-state index contributed by atoms with van der Waals surface area (Å²) in [5.41, 5.74) is 2.40. The van der Waals surface area contributed by atoms with Crippen molar-refractivity contribution in [2.45, 2.75) is 33.4 Å². The van der Waals surface area contributed by atoms with Crippen LogP contribution in [0.25, 0.3) is 33.2 Å². The van der Waals surface area contributed by atoms with Crippen LogP contribution in [0, 0.1) is 19.7 Å². The zero-order valence-electron chi connectivity index (χ0n) is 24.0. The number of rotatable bonds is 11. The molecule has 0 atom stereocenters. The maximum absolute atomic E-state index is 15.1. The predicted molar refractivity (Wildman–Crippen MR) is 158 cm³/mol. The Labute approximate surface area is 250 Å². The Morgan fingerprint density at radius 3 is 2.56 bits per heavy atom. The summed E-state index contributed by atoms with van der Waals surface area (Å²) in [7, 11) is 2.87. The zero-order valence-corrected chi connectivity index (χ0v) is 24.9. The number of esters is 1. The lowest BCUT2D eigenvalue weighted by molar-refractivity contribution is -0.138. The van der Waals surface area contributed by atoms with E-state index in [0.717, 1.165) is 16.0 Å². The number of hydrogen-bond donors (Lipinski definition) is 0. The number of halogens is 1. The fraction of sp³-hybridized carbons (Fsp3) is 0.258. The van der Waals surface area contributed by atoms with Crippen molar-refractivity contribution in [1.29, 1.82) is 0 Å². The molecule has 0 saturated heterocycles. The van der Waals surface area contributed by atoms with Crippen molar-refractivity contribution in [3.05, 3.63) is 92.8 Å². The minimum Gasteiger partial charge on any atom is -0.421 e. The van der Waals surface area contributed by atoms with Crippen molar-refractivity contribution in [2.24, 2.45) is 0 Å². The average Bonchev–Trinajstić information content (AvgIpc) is 3.60. The molecular formula is C31H29FN4O6S.